The lowest BCUT2D eigenvalue weighted by molar-refractivity contribution is -0.274. The topological polar surface area (TPSA) is 26.3 Å². The van der Waals surface area contributed by atoms with Crippen LogP contribution in [0.4, 0.5) is 17.6 Å². The highest BCUT2D eigenvalue weighted by atomic mass is 35.5. The third-order valence-corrected chi connectivity index (χ3v) is 2.93. The predicted molar refractivity (Wildman–Crippen MR) is 68.9 cm³/mol. The second-order valence-corrected chi connectivity index (χ2v) is 4.42. The molecule has 0 bridgehead atoms. The lowest BCUT2D eigenvalue weighted by atomic mass is 9.99. The summed E-state index contributed by atoms with van der Waals surface area (Å²) >= 11 is 5.63. The van der Waals surface area contributed by atoms with Crippen molar-refractivity contribution in [1.29, 1.82) is 0 Å². The Labute approximate surface area is 121 Å². The standard InChI is InChI=1S/C14H7ClF4O2/c15-11-6-8(4-5-12(11)16)9-2-1-3-13(10(9)7-20)21-14(17,18)19/h1-7H. The molecular formula is C14H7ClF4O2. The maximum atomic E-state index is 13.1. The number of carbonyl (C=O) groups is 1. The molecule has 0 amide bonds. The van der Waals surface area contributed by atoms with Gasteiger partial charge < -0.3 is 4.74 Å². The van der Waals surface area contributed by atoms with E-state index in [1.54, 1.807) is 0 Å². The van der Waals surface area contributed by atoms with Crippen molar-refractivity contribution in [2.75, 3.05) is 0 Å². The first-order valence-corrected chi connectivity index (χ1v) is 5.99. The van der Waals surface area contributed by atoms with Gasteiger partial charge in [0, 0.05) is 0 Å². The van der Waals surface area contributed by atoms with E-state index in [1.807, 2.05) is 0 Å². The molecule has 0 aromatic heterocycles. The van der Waals surface area contributed by atoms with Crippen LogP contribution in [0, 0.1) is 5.82 Å². The molecule has 0 unspecified atom stereocenters. The van der Waals surface area contributed by atoms with Crippen molar-refractivity contribution in [2.24, 2.45) is 0 Å². The Balaban J connectivity index is 2.56. The Kier molecular flexibility index (Phi) is 4.18. The minimum Gasteiger partial charge on any atom is -0.405 e. The molecule has 0 saturated heterocycles. The number of carbonyl (C=O) groups excluding carboxylic acids is 1. The monoisotopic (exact) mass is 318 g/mol. The van der Waals surface area contributed by atoms with Crippen molar-refractivity contribution in [1.82, 2.24) is 0 Å². The molecule has 0 N–H and O–H groups in total. The molecule has 0 aliphatic carbocycles. The third kappa shape index (κ3) is 3.52. The summed E-state index contributed by atoms with van der Waals surface area (Å²) in [5.74, 6) is -1.30. The summed E-state index contributed by atoms with van der Waals surface area (Å²) in [4.78, 5) is 11.1. The molecule has 2 aromatic rings. The second-order valence-electron chi connectivity index (χ2n) is 4.01. The minimum atomic E-state index is -4.92. The minimum absolute atomic E-state index is 0.161. The van der Waals surface area contributed by atoms with Gasteiger partial charge in [-0.05, 0) is 29.3 Å². The molecule has 7 heteroatoms. The SMILES string of the molecule is O=Cc1c(OC(F)(F)F)cccc1-c1ccc(F)c(Cl)c1. The average Bonchev–Trinajstić information content (AvgIpc) is 2.40. The fourth-order valence-electron chi connectivity index (χ4n) is 1.79. The Morgan fingerprint density at radius 2 is 1.86 bits per heavy atom. The van der Waals surface area contributed by atoms with Crippen LogP contribution in [0.15, 0.2) is 36.4 Å². The molecule has 0 spiro atoms. The fraction of sp³-hybridized carbons (Fsp3) is 0.0714. The highest BCUT2D eigenvalue weighted by Gasteiger charge is 2.32. The quantitative estimate of drug-likeness (QED) is 0.597. The van der Waals surface area contributed by atoms with Crippen LogP contribution < -0.4 is 4.74 Å². The fourth-order valence-corrected chi connectivity index (χ4v) is 1.98. The van der Waals surface area contributed by atoms with Gasteiger partial charge in [-0.25, -0.2) is 4.39 Å². The summed E-state index contributed by atoms with van der Waals surface area (Å²) in [6.45, 7) is 0. The second kappa shape index (κ2) is 5.73. The number of benzene rings is 2. The zero-order valence-corrected chi connectivity index (χ0v) is 11.0. The van der Waals surface area contributed by atoms with E-state index in [-0.39, 0.29) is 22.4 Å². The molecule has 0 saturated carbocycles. The first-order valence-electron chi connectivity index (χ1n) is 5.61. The Morgan fingerprint density at radius 3 is 2.43 bits per heavy atom. The number of hydrogen-bond donors (Lipinski definition) is 0. The Morgan fingerprint density at radius 1 is 1.14 bits per heavy atom. The summed E-state index contributed by atoms with van der Waals surface area (Å²) in [6, 6.07) is 7.31. The van der Waals surface area contributed by atoms with Crippen LogP contribution in [0.25, 0.3) is 11.1 Å². The van der Waals surface area contributed by atoms with Gasteiger partial charge in [0.1, 0.15) is 11.6 Å². The van der Waals surface area contributed by atoms with Gasteiger partial charge in [-0.2, -0.15) is 0 Å². The molecule has 2 rings (SSSR count). The molecule has 0 aliphatic heterocycles. The summed E-state index contributed by atoms with van der Waals surface area (Å²) < 4.78 is 53.8. The number of halogens is 5. The third-order valence-electron chi connectivity index (χ3n) is 2.64. The summed E-state index contributed by atoms with van der Waals surface area (Å²) in [7, 11) is 0. The number of rotatable bonds is 3. The van der Waals surface area contributed by atoms with E-state index in [2.05, 4.69) is 4.74 Å². The van der Waals surface area contributed by atoms with Crippen LogP contribution in [-0.2, 0) is 0 Å². The van der Waals surface area contributed by atoms with Crippen molar-refractivity contribution >= 4 is 17.9 Å². The zero-order chi connectivity index (χ0) is 15.6. The van der Waals surface area contributed by atoms with Crippen molar-refractivity contribution < 1.29 is 27.1 Å². The van der Waals surface area contributed by atoms with Crippen LogP contribution in [0.2, 0.25) is 5.02 Å². The lowest BCUT2D eigenvalue weighted by Crippen LogP contribution is -2.18. The highest BCUT2D eigenvalue weighted by molar-refractivity contribution is 6.31. The van der Waals surface area contributed by atoms with E-state index < -0.39 is 17.9 Å². The number of hydrogen-bond acceptors (Lipinski definition) is 2. The van der Waals surface area contributed by atoms with E-state index in [0.717, 1.165) is 12.1 Å². The van der Waals surface area contributed by atoms with Crippen molar-refractivity contribution in [3.63, 3.8) is 0 Å². The smallest absolute Gasteiger partial charge is 0.405 e. The number of aldehydes is 1. The van der Waals surface area contributed by atoms with Gasteiger partial charge in [0.2, 0.25) is 0 Å². The molecule has 0 heterocycles. The lowest BCUT2D eigenvalue weighted by Gasteiger charge is -2.13. The molecule has 0 fully saturated rings. The van der Waals surface area contributed by atoms with Gasteiger partial charge >= 0.3 is 6.36 Å². The molecule has 2 aromatic carbocycles. The Bertz CT molecular complexity index is 683. The number of alkyl halides is 3. The molecule has 2 nitrogen and oxygen atoms in total. The molecule has 0 aliphatic rings. The summed E-state index contributed by atoms with van der Waals surface area (Å²) in [5, 5.41) is -0.202. The van der Waals surface area contributed by atoms with Crippen molar-refractivity contribution in [3.8, 4) is 16.9 Å². The molecule has 0 radical (unpaired) electrons. The van der Waals surface area contributed by atoms with E-state index in [0.29, 0.717) is 5.56 Å². The molecular weight excluding hydrogens is 312 g/mol. The van der Waals surface area contributed by atoms with Gasteiger partial charge in [-0.3, -0.25) is 4.79 Å². The predicted octanol–water partition coefficient (Wildman–Crippen LogP) is 4.86. The molecule has 21 heavy (non-hydrogen) atoms. The van der Waals surface area contributed by atoms with Crippen LogP contribution in [0.3, 0.4) is 0 Å². The van der Waals surface area contributed by atoms with E-state index in [1.165, 1.54) is 24.3 Å². The van der Waals surface area contributed by atoms with Gasteiger partial charge in [-0.15, -0.1) is 13.2 Å². The van der Waals surface area contributed by atoms with Gasteiger partial charge in [0.25, 0.3) is 0 Å². The van der Waals surface area contributed by atoms with Crippen LogP contribution in [0.1, 0.15) is 10.4 Å². The van der Waals surface area contributed by atoms with Crippen LogP contribution >= 0.6 is 11.6 Å². The average molecular weight is 319 g/mol. The van der Waals surface area contributed by atoms with Gasteiger partial charge in [0.05, 0.1) is 10.6 Å². The van der Waals surface area contributed by atoms with Gasteiger partial charge in [-0.1, -0.05) is 29.8 Å². The summed E-state index contributed by atoms with van der Waals surface area (Å²) in [5.41, 5.74) is 0.169. The largest absolute Gasteiger partial charge is 0.573 e. The molecule has 0 atom stereocenters. The van der Waals surface area contributed by atoms with E-state index >= 15 is 0 Å². The van der Waals surface area contributed by atoms with E-state index in [9.17, 15) is 22.4 Å². The maximum Gasteiger partial charge on any atom is 0.573 e. The number of ether oxygens (including phenoxy) is 1. The summed E-state index contributed by atoms with van der Waals surface area (Å²) in [6.07, 6.45) is -4.68. The van der Waals surface area contributed by atoms with Crippen LogP contribution in [0.5, 0.6) is 5.75 Å². The first kappa shape index (κ1) is 15.3. The van der Waals surface area contributed by atoms with Gasteiger partial charge in [0.15, 0.2) is 6.29 Å². The van der Waals surface area contributed by atoms with E-state index in [4.69, 9.17) is 11.6 Å². The highest BCUT2D eigenvalue weighted by Crippen LogP contribution is 2.34. The van der Waals surface area contributed by atoms with Crippen molar-refractivity contribution in [3.05, 3.63) is 52.8 Å². The molecule has 110 valence electrons. The van der Waals surface area contributed by atoms with Crippen LogP contribution in [-0.4, -0.2) is 12.6 Å². The normalized spacial score (nSPS) is 11.3. The van der Waals surface area contributed by atoms with Crippen molar-refractivity contribution in [2.45, 2.75) is 6.36 Å². The zero-order valence-electron chi connectivity index (χ0n) is 10.2. The maximum absolute atomic E-state index is 13.1. The Hall–Kier alpha value is -2.08. The first-order chi connectivity index (χ1) is 9.81.